The van der Waals surface area contributed by atoms with E-state index in [1.165, 1.54) is 12.1 Å². The monoisotopic (exact) mass is 482 g/mol. The third-order valence-electron chi connectivity index (χ3n) is 4.70. The Bertz CT molecular complexity index is 1350. The summed E-state index contributed by atoms with van der Waals surface area (Å²) in [5.74, 6) is -1.53. The predicted molar refractivity (Wildman–Crippen MR) is 125 cm³/mol. The molecule has 1 unspecified atom stereocenters. The van der Waals surface area contributed by atoms with Gasteiger partial charge in [0.2, 0.25) is 21.1 Å². The Morgan fingerprint density at radius 3 is 2.24 bits per heavy atom. The topological polar surface area (TPSA) is 101 Å². The third-order valence-corrected chi connectivity index (χ3v) is 7.09. The first-order valence-electron chi connectivity index (χ1n) is 9.93. The van der Waals surface area contributed by atoms with Gasteiger partial charge < -0.3 is 0 Å². The van der Waals surface area contributed by atoms with Gasteiger partial charge >= 0.3 is 0 Å². The standard InChI is InChI=1S/C23H19FN4O3S2/c24-18-13-7-8-14-20(18)33(30,31)28-19(15-16-9-3-1-4-10-16)21(29)25-23-27-26-22(32-23)17-11-5-2-6-12-17/h1-14,19,28H,15H2,(H,25,27,29). The molecule has 1 atom stereocenters. The fourth-order valence-corrected chi connectivity index (χ4v) is 5.14. The quantitative estimate of drug-likeness (QED) is 0.397. The fraction of sp³-hybridized carbons (Fsp3) is 0.0870. The lowest BCUT2D eigenvalue weighted by Crippen LogP contribution is -2.45. The van der Waals surface area contributed by atoms with E-state index in [0.29, 0.717) is 5.01 Å². The molecule has 2 N–H and O–H groups in total. The van der Waals surface area contributed by atoms with Crippen LogP contribution in [0, 0.1) is 5.82 Å². The first-order chi connectivity index (χ1) is 15.9. The molecule has 1 aromatic heterocycles. The second-order valence-corrected chi connectivity index (χ2v) is 9.72. The Balaban J connectivity index is 1.57. The molecule has 10 heteroatoms. The van der Waals surface area contributed by atoms with Gasteiger partial charge in [0.1, 0.15) is 21.8 Å². The Morgan fingerprint density at radius 1 is 0.909 bits per heavy atom. The summed E-state index contributed by atoms with van der Waals surface area (Å²) in [5.41, 5.74) is 1.58. The Hall–Kier alpha value is -3.47. The molecular weight excluding hydrogens is 463 g/mol. The van der Waals surface area contributed by atoms with Crippen molar-refractivity contribution in [2.24, 2.45) is 0 Å². The molecule has 0 aliphatic carbocycles. The first kappa shape index (κ1) is 22.7. The summed E-state index contributed by atoms with van der Waals surface area (Å²) in [4.78, 5) is 12.5. The van der Waals surface area contributed by atoms with Crippen molar-refractivity contribution >= 4 is 32.4 Å². The molecule has 0 saturated heterocycles. The smallest absolute Gasteiger partial charge is 0.244 e. The number of benzene rings is 3. The zero-order valence-electron chi connectivity index (χ0n) is 17.2. The van der Waals surface area contributed by atoms with E-state index in [0.717, 1.165) is 34.6 Å². The number of sulfonamides is 1. The van der Waals surface area contributed by atoms with Crippen molar-refractivity contribution < 1.29 is 17.6 Å². The van der Waals surface area contributed by atoms with Gasteiger partial charge in [-0.2, -0.15) is 4.72 Å². The third kappa shape index (κ3) is 5.67. The van der Waals surface area contributed by atoms with Crippen LogP contribution in [0.15, 0.2) is 89.8 Å². The molecule has 0 fully saturated rings. The molecule has 1 heterocycles. The number of halogens is 1. The summed E-state index contributed by atoms with van der Waals surface area (Å²) in [6, 6.07) is 22.1. The van der Waals surface area contributed by atoms with Gasteiger partial charge in [0.05, 0.1) is 0 Å². The second kappa shape index (κ2) is 9.99. The second-order valence-electron chi connectivity index (χ2n) is 7.06. The minimum atomic E-state index is -4.30. The molecule has 7 nitrogen and oxygen atoms in total. The molecule has 0 radical (unpaired) electrons. The molecule has 1 amide bonds. The number of carbonyl (C=O) groups is 1. The fourth-order valence-electron chi connectivity index (χ4n) is 3.11. The summed E-state index contributed by atoms with van der Waals surface area (Å²) in [6.45, 7) is 0. The van der Waals surface area contributed by atoms with Gasteiger partial charge in [-0.3, -0.25) is 10.1 Å². The van der Waals surface area contributed by atoms with Crippen molar-refractivity contribution in [3.8, 4) is 10.6 Å². The number of nitrogens with zero attached hydrogens (tertiary/aromatic N) is 2. The average molecular weight is 483 g/mol. The largest absolute Gasteiger partial charge is 0.299 e. The van der Waals surface area contributed by atoms with Crippen molar-refractivity contribution in [2.45, 2.75) is 17.4 Å². The average Bonchev–Trinajstić information content (AvgIpc) is 3.28. The van der Waals surface area contributed by atoms with Crippen LogP contribution in [0.4, 0.5) is 9.52 Å². The van der Waals surface area contributed by atoms with Gasteiger partial charge in [0, 0.05) is 5.56 Å². The molecule has 4 aromatic rings. The molecular formula is C23H19FN4O3S2. The van der Waals surface area contributed by atoms with E-state index in [9.17, 15) is 17.6 Å². The summed E-state index contributed by atoms with van der Waals surface area (Å²) < 4.78 is 42.2. The van der Waals surface area contributed by atoms with Crippen LogP contribution < -0.4 is 10.0 Å². The van der Waals surface area contributed by atoms with Gasteiger partial charge in [-0.15, -0.1) is 10.2 Å². The molecule has 3 aromatic carbocycles. The molecule has 0 saturated carbocycles. The normalized spacial score (nSPS) is 12.3. The van der Waals surface area contributed by atoms with Gasteiger partial charge in [-0.25, -0.2) is 12.8 Å². The highest BCUT2D eigenvalue weighted by Gasteiger charge is 2.28. The van der Waals surface area contributed by atoms with E-state index in [1.807, 2.05) is 36.4 Å². The van der Waals surface area contributed by atoms with Gasteiger partial charge in [0.15, 0.2) is 0 Å². The number of aromatic nitrogens is 2. The Kier molecular flexibility index (Phi) is 6.87. The van der Waals surface area contributed by atoms with Crippen molar-refractivity contribution in [2.75, 3.05) is 5.32 Å². The Labute approximate surface area is 194 Å². The molecule has 33 heavy (non-hydrogen) atoms. The highest BCUT2D eigenvalue weighted by Crippen LogP contribution is 2.26. The van der Waals surface area contributed by atoms with Crippen LogP contribution in [0.3, 0.4) is 0 Å². The van der Waals surface area contributed by atoms with Gasteiger partial charge in [-0.05, 0) is 24.1 Å². The first-order valence-corrected chi connectivity index (χ1v) is 12.2. The van der Waals surface area contributed by atoms with Crippen molar-refractivity contribution in [3.63, 3.8) is 0 Å². The maximum Gasteiger partial charge on any atom is 0.244 e. The number of hydrogen-bond donors (Lipinski definition) is 2. The predicted octanol–water partition coefficient (Wildman–Crippen LogP) is 3.87. The van der Waals surface area contributed by atoms with Crippen LogP contribution >= 0.6 is 11.3 Å². The van der Waals surface area contributed by atoms with Crippen LogP contribution in [0.1, 0.15) is 5.56 Å². The molecule has 4 rings (SSSR count). The minimum Gasteiger partial charge on any atom is -0.299 e. The van der Waals surface area contributed by atoms with Gasteiger partial charge in [-0.1, -0.05) is 84.1 Å². The number of carbonyl (C=O) groups excluding carboxylic acids is 1. The molecule has 0 spiro atoms. The SMILES string of the molecule is O=C(Nc1nnc(-c2ccccc2)s1)C(Cc1ccccc1)NS(=O)(=O)c1ccccc1F. The number of nitrogens with one attached hydrogen (secondary N) is 2. The maximum atomic E-state index is 14.1. The summed E-state index contributed by atoms with van der Waals surface area (Å²) in [5, 5.41) is 11.5. The van der Waals surface area contributed by atoms with Crippen LogP contribution in [0.25, 0.3) is 10.6 Å². The van der Waals surface area contributed by atoms with Crippen LogP contribution in [-0.2, 0) is 21.2 Å². The maximum absolute atomic E-state index is 14.1. The van der Waals surface area contributed by atoms with E-state index >= 15 is 0 Å². The number of anilines is 1. The summed E-state index contributed by atoms with van der Waals surface area (Å²) >= 11 is 1.16. The van der Waals surface area contributed by atoms with E-state index in [-0.39, 0.29) is 11.6 Å². The van der Waals surface area contributed by atoms with Crippen molar-refractivity contribution in [1.82, 2.24) is 14.9 Å². The summed E-state index contributed by atoms with van der Waals surface area (Å²) in [6.07, 6.45) is 0.0602. The molecule has 0 aliphatic rings. The molecule has 0 aliphatic heterocycles. The van der Waals surface area contributed by atoms with Crippen molar-refractivity contribution in [3.05, 3.63) is 96.3 Å². The van der Waals surface area contributed by atoms with Crippen LogP contribution in [0.2, 0.25) is 0 Å². The summed E-state index contributed by atoms with van der Waals surface area (Å²) in [7, 11) is -4.30. The lowest BCUT2D eigenvalue weighted by Gasteiger charge is -2.18. The highest BCUT2D eigenvalue weighted by atomic mass is 32.2. The molecule has 168 valence electrons. The zero-order valence-corrected chi connectivity index (χ0v) is 18.8. The number of amides is 1. The van der Waals surface area contributed by atoms with E-state index in [1.54, 1.807) is 24.3 Å². The van der Waals surface area contributed by atoms with E-state index in [4.69, 9.17) is 0 Å². The highest BCUT2D eigenvalue weighted by molar-refractivity contribution is 7.89. The van der Waals surface area contributed by atoms with E-state index < -0.39 is 32.7 Å². The van der Waals surface area contributed by atoms with Crippen LogP contribution in [-0.4, -0.2) is 30.6 Å². The zero-order chi connectivity index (χ0) is 23.3. The van der Waals surface area contributed by atoms with Gasteiger partial charge in [0.25, 0.3) is 0 Å². The Morgan fingerprint density at radius 2 is 1.55 bits per heavy atom. The minimum absolute atomic E-state index is 0.0602. The molecule has 0 bridgehead atoms. The van der Waals surface area contributed by atoms with Crippen LogP contribution in [0.5, 0.6) is 0 Å². The lowest BCUT2D eigenvalue weighted by atomic mass is 10.1. The number of hydrogen-bond acceptors (Lipinski definition) is 6. The van der Waals surface area contributed by atoms with E-state index in [2.05, 4.69) is 20.2 Å². The number of rotatable bonds is 8. The van der Waals surface area contributed by atoms with Crippen molar-refractivity contribution in [1.29, 1.82) is 0 Å². The lowest BCUT2D eigenvalue weighted by molar-refractivity contribution is -0.117.